The van der Waals surface area contributed by atoms with E-state index in [1.807, 2.05) is 0 Å². The van der Waals surface area contributed by atoms with Crippen molar-refractivity contribution in [3.63, 3.8) is 0 Å². The fraction of sp³-hybridized carbons (Fsp3) is 0.333. The van der Waals surface area contributed by atoms with E-state index in [0.29, 0.717) is 0 Å². The van der Waals surface area contributed by atoms with Gasteiger partial charge in [-0.15, -0.1) is 0 Å². The van der Waals surface area contributed by atoms with Crippen molar-refractivity contribution in [1.82, 2.24) is 0 Å². The first-order valence-corrected chi connectivity index (χ1v) is 4.22. The van der Waals surface area contributed by atoms with E-state index in [9.17, 15) is 36.7 Å². The van der Waals surface area contributed by atoms with Crippen LogP contribution in [0.5, 0.6) is 0 Å². The molecule has 0 saturated heterocycles. The number of carbonyl (C=O) groups is 4. The molecule has 6 N–H and O–H groups in total. The summed E-state index contributed by atoms with van der Waals surface area (Å²) >= 11 is 0. The van der Waals surface area contributed by atoms with Crippen LogP contribution in [0.4, 0.5) is 17.6 Å². The van der Waals surface area contributed by atoms with Crippen molar-refractivity contribution < 1.29 is 102 Å². The number of carboxylic acid groups (broad SMARTS) is 4. The molecule has 128 valence electrons. The second kappa shape index (κ2) is 12.0. The van der Waals surface area contributed by atoms with Gasteiger partial charge < -0.3 is 35.5 Å². The van der Waals surface area contributed by atoms with Crippen LogP contribution in [-0.2, 0) is 19.2 Å². The second-order valence-electron chi connectivity index (χ2n) is 2.70. The SMILES string of the molecule is O=C(O)C(F)(F)C(=O)O.O=C(O)C(F)(F)C(=O)O.[Na+].[O-]B(O)O. The molecular weight excluding hydrogens is 358 g/mol. The molecule has 0 fully saturated rings. The maximum absolute atomic E-state index is 11.5. The minimum absolute atomic E-state index is 0. The molecule has 0 atom stereocenters. The topological polar surface area (TPSA) is 213 Å². The Morgan fingerprint density at radius 3 is 0.783 bits per heavy atom. The van der Waals surface area contributed by atoms with E-state index in [1.54, 1.807) is 0 Å². The average molecular weight is 364 g/mol. The van der Waals surface area contributed by atoms with Gasteiger partial charge in [-0.25, -0.2) is 19.2 Å². The summed E-state index contributed by atoms with van der Waals surface area (Å²) in [5.74, 6) is -20.0. The largest absolute Gasteiger partial charge is 1.00 e. The average Bonchev–Trinajstić information content (AvgIpc) is 2.27. The van der Waals surface area contributed by atoms with Crippen molar-refractivity contribution in [3.05, 3.63) is 0 Å². The van der Waals surface area contributed by atoms with Crippen LogP contribution in [0.2, 0.25) is 0 Å². The fourth-order valence-electron chi connectivity index (χ4n) is 0.183. The summed E-state index contributed by atoms with van der Waals surface area (Å²) in [4.78, 5) is 37.3. The number of halogens is 4. The molecule has 0 bridgehead atoms. The predicted octanol–water partition coefficient (Wildman–Crippen LogP) is -6.10. The monoisotopic (exact) mass is 364 g/mol. The number of hydrogen-bond donors (Lipinski definition) is 6. The zero-order valence-corrected chi connectivity index (χ0v) is 12.8. The van der Waals surface area contributed by atoms with Gasteiger partial charge in [0.2, 0.25) is 0 Å². The van der Waals surface area contributed by atoms with E-state index in [1.165, 1.54) is 0 Å². The maximum Gasteiger partial charge on any atom is 1.00 e. The molecule has 0 aromatic rings. The molecule has 0 aliphatic heterocycles. The first kappa shape index (κ1) is 29.5. The Balaban J connectivity index is -0.000000124. The van der Waals surface area contributed by atoms with E-state index < -0.39 is 43.0 Å². The second-order valence-corrected chi connectivity index (χ2v) is 2.70. The molecule has 0 aromatic carbocycles. The molecule has 23 heavy (non-hydrogen) atoms. The molecule has 0 heterocycles. The van der Waals surface area contributed by atoms with Gasteiger partial charge in [-0.1, -0.05) is 0 Å². The van der Waals surface area contributed by atoms with Crippen molar-refractivity contribution in [3.8, 4) is 0 Å². The summed E-state index contributed by atoms with van der Waals surface area (Å²) in [6.45, 7) is 0. The van der Waals surface area contributed by atoms with Crippen molar-refractivity contribution in [2.75, 3.05) is 0 Å². The minimum Gasteiger partial charge on any atom is -0.832 e. The van der Waals surface area contributed by atoms with Gasteiger partial charge >= 0.3 is 72.6 Å². The third kappa shape index (κ3) is 13.9. The predicted molar refractivity (Wildman–Crippen MR) is 50.6 cm³/mol. The molecule has 17 heteroatoms. The van der Waals surface area contributed by atoms with Crippen molar-refractivity contribution in [2.45, 2.75) is 11.8 Å². The van der Waals surface area contributed by atoms with Gasteiger partial charge in [0.1, 0.15) is 0 Å². The third-order valence-corrected chi connectivity index (χ3v) is 1.07. The van der Waals surface area contributed by atoms with E-state index in [2.05, 4.69) is 0 Å². The number of alkyl halides is 4. The third-order valence-electron chi connectivity index (χ3n) is 1.07. The van der Waals surface area contributed by atoms with E-state index in [0.717, 1.165) is 0 Å². The molecule has 0 unspecified atom stereocenters. The van der Waals surface area contributed by atoms with Crippen LogP contribution in [0.3, 0.4) is 0 Å². The summed E-state index contributed by atoms with van der Waals surface area (Å²) in [5, 5.41) is 52.7. The molecule has 0 saturated carbocycles. The Bertz CT molecular complexity index is 358. The summed E-state index contributed by atoms with van der Waals surface area (Å²) in [6, 6.07) is 0. The quantitative estimate of drug-likeness (QED) is 0.157. The zero-order valence-electron chi connectivity index (χ0n) is 10.8. The Morgan fingerprint density at radius 2 is 0.783 bits per heavy atom. The van der Waals surface area contributed by atoms with Gasteiger partial charge in [-0.2, -0.15) is 17.6 Å². The van der Waals surface area contributed by atoms with Crippen LogP contribution in [0.25, 0.3) is 0 Å². The number of hydrogen-bond acceptors (Lipinski definition) is 7. The molecule has 11 nitrogen and oxygen atoms in total. The smallest absolute Gasteiger partial charge is 0.832 e. The molecule has 0 rings (SSSR count). The first-order chi connectivity index (χ1) is 9.51. The molecule has 0 spiro atoms. The zero-order chi connectivity index (χ0) is 18.9. The Morgan fingerprint density at radius 1 is 0.696 bits per heavy atom. The summed E-state index contributed by atoms with van der Waals surface area (Å²) < 4.78 is 45.9. The normalized spacial score (nSPS) is 9.70. The van der Waals surface area contributed by atoms with E-state index >= 15 is 0 Å². The summed E-state index contributed by atoms with van der Waals surface area (Å²) in [5.41, 5.74) is 0. The fourth-order valence-corrected chi connectivity index (χ4v) is 0.183. The van der Waals surface area contributed by atoms with E-state index in [4.69, 9.17) is 35.5 Å². The van der Waals surface area contributed by atoms with Crippen molar-refractivity contribution >= 4 is 31.2 Å². The van der Waals surface area contributed by atoms with Gasteiger partial charge in [0, 0.05) is 0 Å². The molecule has 0 aliphatic rings. The standard InChI is InChI=1S/2C3H2F2O4.BH2O3.Na/c2*4-3(5,1(6)7)2(8)9;2-1(3)4;/h2*(H,6,7)(H,8,9);2-3H;/q;;-1;+1. The molecular formula is C6H6BF4NaO11. The summed E-state index contributed by atoms with van der Waals surface area (Å²) in [7, 11) is -2.42. The van der Waals surface area contributed by atoms with Gasteiger partial charge in [-0.3, -0.25) is 0 Å². The van der Waals surface area contributed by atoms with Crippen LogP contribution in [0, 0.1) is 0 Å². The van der Waals surface area contributed by atoms with Crippen LogP contribution >= 0.6 is 0 Å². The van der Waals surface area contributed by atoms with Gasteiger partial charge in [-0.05, 0) is 0 Å². The molecule has 0 aromatic heterocycles. The Hall–Kier alpha value is -1.46. The molecule has 0 aliphatic carbocycles. The summed E-state index contributed by atoms with van der Waals surface area (Å²) in [6.07, 6.45) is 0. The van der Waals surface area contributed by atoms with Crippen molar-refractivity contribution in [1.29, 1.82) is 0 Å². The molecule has 0 radical (unpaired) electrons. The van der Waals surface area contributed by atoms with E-state index in [-0.39, 0.29) is 29.6 Å². The number of aliphatic carboxylic acids is 4. The number of carboxylic acids is 4. The van der Waals surface area contributed by atoms with Crippen molar-refractivity contribution in [2.24, 2.45) is 0 Å². The Kier molecular flexibility index (Phi) is 15.4. The number of rotatable bonds is 4. The van der Waals surface area contributed by atoms with Crippen LogP contribution in [0.15, 0.2) is 0 Å². The van der Waals surface area contributed by atoms with Gasteiger partial charge in [0.25, 0.3) is 0 Å². The van der Waals surface area contributed by atoms with Crippen LogP contribution in [-0.4, -0.2) is 73.5 Å². The minimum atomic E-state index is -4.67. The van der Waals surface area contributed by atoms with Crippen LogP contribution < -0.4 is 34.6 Å². The molecule has 0 amide bonds. The maximum atomic E-state index is 11.5. The van der Waals surface area contributed by atoms with Gasteiger partial charge in [0.15, 0.2) is 0 Å². The first-order valence-electron chi connectivity index (χ1n) is 4.22. The van der Waals surface area contributed by atoms with Gasteiger partial charge in [0.05, 0.1) is 0 Å². The Labute approximate surface area is 145 Å². The van der Waals surface area contributed by atoms with Crippen LogP contribution in [0.1, 0.15) is 0 Å².